The van der Waals surface area contributed by atoms with Crippen molar-refractivity contribution in [2.24, 2.45) is 0 Å². The molecule has 5 heteroatoms. The lowest BCUT2D eigenvalue weighted by Gasteiger charge is -2.22. The van der Waals surface area contributed by atoms with Crippen LogP contribution in [0.15, 0.2) is 11.6 Å². The Kier molecular flexibility index (Phi) is 4.92. The van der Waals surface area contributed by atoms with Crippen molar-refractivity contribution < 1.29 is 0 Å². The monoisotopic (exact) mass is 243 g/mol. The van der Waals surface area contributed by atoms with Crippen molar-refractivity contribution in [2.45, 2.75) is 19.0 Å². The van der Waals surface area contributed by atoms with Crippen LogP contribution in [-0.4, -0.2) is 35.6 Å². The summed E-state index contributed by atoms with van der Waals surface area (Å²) >= 11 is 3.77. The van der Waals surface area contributed by atoms with Gasteiger partial charge in [-0.25, -0.2) is 4.98 Å². The van der Waals surface area contributed by atoms with Crippen molar-refractivity contribution >= 4 is 23.1 Å². The van der Waals surface area contributed by atoms with Crippen molar-refractivity contribution in [3.63, 3.8) is 0 Å². The Hall–Kier alpha value is -0.100. The summed E-state index contributed by atoms with van der Waals surface area (Å²) in [5.41, 5.74) is 0. The highest BCUT2D eigenvalue weighted by Gasteiger charge is 2.11. The Labute approximate surface area is 99.1 Å². The number of thiazole rings is 1. The third-order valence-electron chi connectivity index (χ3n) is 2.43. The molecule has 1 atom stereocenters. The van der Waals surface area contributed by atoms with E-state index in [-0.39, 0.29) is 0 Å². The fourth-order valence-corrected chi connectivity index (χ4v) is 3.20. The van der Waals surface area contributed by atoms with E-state index in [4.69, 9.17) is 0 Å². The first-order valence-electron chi connectivity index (χ1n) is 5.35. The van der Waals surface area contributed by atoms with Crippen LogP contribution in [0.1, 0.15) is 11.4 Å². The molecule has 84 valence electrons. The molecule has 15 heavy (non-hydrogen) atoms. The van der Waals surface area contributed by atoms with Crippen LogP contribution in [0, 0.1) is 0 Å². The molecule has 1 saturated heterocycles. The summed E-state index contributed by atoms with van der Waals surface area (Å²) in [7, 11) is 0. The molecule has 0 aromatic carbocycles. The van der Waals surface area contributed by atoms with Gasteiger partial charge in [-0.2, -0.15) is 11.8 Å². The van der Waals surface area contributed by atoms with Crippen LogP contribution in [0.25, 0.3) is 0 Å². The third-order valence-corrected chi connectivity index (χ3v) is 4.34. The largest absolute Gasteiger partial charge is 0.312 e. The molecular formula is C10H17N3S2. The molecule has 0 spiro atoms. The smallest absolute Gasteiger partial charge is 0.106 e. The minimum Gasteiger partial charge on any atom is -0.312 e. The topological polar surface area (TPSA) is 37.0 Å². The third kappa shape index (κ3) is 4.10. The van der Waals surface area contributed by atoms with Crippen LogP contribution >= 0.6 is 23.1 Å². The maximum Gasteiger partial charge on any atom is 0.106 e. The van der Waals surface area contributed by atoms with Crippen molar-refractivity contribution in [3.8, 4) is 0 Å². The predicted molar refractivity (Wildman–Crippen MR) is 67.6 cm³/mol. The average Bonchev–Trinajstić information content (AvgIpc) is 2.79. The number of thioether (sulfide) groups is 1. The Bertz CT molecular complexity index is 258. The second-order valence-electron chi connectivity index (χ2n) is 3.62. The minimum absolute atomic E-state index is 0.701. The number of aromatic nitrogens is 1. The molecule has 1 aliphatic heterocycles. The Morgan fingerprint density at radius 3 is 3.33 bits per heavy atom. The molecule has 2 rings (SSSR count). The SMILES string of the molecule is c1csc(CNCCC2CSCCN2)n1. The van der Waals surface area contributed by atoms with E-state index in [1.807, 2.05) is 11.6 Å². The van der Waals surface area contributed by atoms with Crippen LogP contribution in [0.5, 0.6) is 0 Å². The molecule has 0 radical (unpaired) electrons. The molecule has 1 unspecified atom stereocenters. The van der Waals surface area contributed by atoms with Crippen molar-refractivity contribution in [1.29, 1.82) is 0 Å². The molecule has 1 aliphatic rings. The van der Waals surface area contributed by atoms with Gasteiger partial charge in [-0.15, -0.1) is 11.3 Å². The normalized spacial score (nSPS) is 21.7. The van der Waals surface area contributed by atoms with Gasteiger partial charge < -0.3 is 10.6 Å². The Morgan fingerprint density at radius 1 is 1.60 bits per heavy atom. The Morgan fingerprint density at radius 2 is 2.60 bits per heavy atom. The number of nitrogens with zero attached hydrogens (tertiary/aromatic N) is 1. The van der Waals surface area contributed by atoms with Gasteiger partial charge in [-0.05, 0) is 13.0 Å². The molecule has 0 saturated carbocycles. The number of nitrogens with one attached hydrogen (secondary N) is 2. The summed E-state index contributed by atoms with van der Waals surface area (Å²) in [5, 5.41) is 10.2. The van der Waals surface area contributed by atoms with E-state index in [1.54, 1.807) is 11.3 Å². The van der Waals surface area contributed by atoms with E-state index in [1.165, 1.54) is 29.5 Å². The summed E-state index contributed by atoms with van der Waals surface area (Å²) in [4.78, 5) is 4.24. The molecule has 0 aliphatic carbocycles. The van der Waals surface area contributed by atoms with Crippen molar-refractivity contribution in [2.75, 3.05) is 24.6 Å². The van der Waals surface area contributed by atoms with E-state index in [0.717, 1.165) is 13.1 Å². The van der Waals surface area contributed by atoms with Gasteiger partial charge in [0.2, 0.25) is 0 Å². The maximum absolute atomic E-state index is 4.24. The second-order valence-corrected chi connectivity index (χ2v) is 5.75. The van der Waals surface area contributed by atoms with Crippen LogP contribution in [0.2, 0.25) is 0 Å². The van der Waals surface area contributed by atoms with Gasteiger partial charge in [0, 0.05) is 42.2 Å². The predicted octanol–water partition coefficient (Wildman–Crippen LogP) is 1.33. The first-order chi connectivity index (χ1) is 7.45. The fourth-order valence-electron chi connectivity index (χ4n) is 1.62. The summed E-state index contributed by atoms with van der Waals surface area (Å²) in [5.74, 6) is 2.53. The van der Waals surface area contributed by atoms with Crippen LogP contribution in [0.4, 0.5) is 0 Å². The first-order valence-corrected chi connectivity index (χ1v) is 7.39. The number of rotatable bonds is 5. The lowest BCUT2D eigenvalue weighted by atomic mass is 10.2. The van der Waals surface area contributed by atoms with Gasteiger partial charge >= 0.3 is 0 Å². The quantitative estimate of drug-likeness (QED) is 0.765. The molecule has 2 heterocycles. The van der Waals surface area contributed by atoms with Gasteiger partial charge in [0.05, 0.1) is 0 Å². The van der Waals surface area contributed by atoms with Gasteiger partial charge in [0.25, 0.3) is 0 Å². The second kappa shape index (κ2) is 6.48. The molecule has 0 amide bonds. The van der Waals surface area contributed by atoms with Crippen molar-refractivity contribution in [3.05, 3.63) is 16.6 Å². The van der Waals surface area contributed by atoms with E-state index in [0.29, 0.717) is 6.04 Å². The van der Waals surface area contributed by atoms with E-state index >= 15 is 0 Å². The van der Waals surface area contributed by atoms with Crippen LogP contribution < -0.4 is 10.6 Å². The molecule has 1 aromatic rings. The highest BCUT2D eigenvalue weighted by Crippen LogP contribution is 2.09. The van der Waals surface area contributed by atoms with Gasteiger partial charge in [0.15, 0.2) is 0 Å². The highest BCUT2D eigenvalue weighted by molar-refractivity contribution is 7.99. The first kappa shape index (κ1) is 11.4. The number of hydrogen-bond donors (Lipinski definition) is 2. The van der Waals surface area contributed by atoms with Gasteiger partial charge in [0.1, 0.15) is 5.01 Å². The van der Waals surface area contributed by atoms with Crippen molar-refractivity contribution in [1.82, 2.24) is 15.6 Å². The van der Waals surface area contributed by atoms with E-state index in [2.05, 4.69) is 27.4 Å². The van der Waals surface area contributed by atoms with Gasteiger partial charge in [-0.3, -0.25) is 0 Å². The van der Waals surface area contributed by atoms with Crippen LogP contribution in [-0.2, 0) is 6.54 Å². The van der Waals surface area contributed by atoms with E-state index in [9.17, 15) is 0 Å². The lowest BCUT2D eigenvalue weighted by molar-refractivity contribution is 0.503. The fraction of sp³-hybridized carbons (Fsp3) is 0.700. The van der Waals surface area contributed by atoms with Crippen LogP contribution in [0.3, 0.4) is 0 Å². The minimum atomic E-state index is 0.701. The molecule has 2 N–H and O–H groups in total. The zero-order chi connectivity index (χ0) is 10.3. The molecule has 0 bridgehead atoms. The zero-order valence-corrected chi connectivity index (χ0v) is 10.4. The average molecular weight is 243 g/mol. The standard InChI is InChI=1S/C10H17N3S2/c1(9-8-14-5-3-12-9)2-11-7-10-13-4-6-15-10/h4,6,9,11-12H,1-3,5,7-8H2. The zero-order valence-electron chi connectivity index (χ0n) is 8.74. The lowest BCUT2D eigenvalue weighted by Crippen LogP contribution is -2.39. The summed E-state index contributed by atoms with van der Waals surface area (Å²) < 4.78 is 0. The summed E-state index contributed by atoms with van der Waals surface area (Å²) in [6.07, 6.45) is 3.08. The number of hydrogen-bond acceptors (Lipinski definition) is 5. The molecule has 3 nitrogen and oxygen atoms in total. The highest BCUT2D eigenvalue weighted by atomic mass is 32.2. The summed E-state index contributed by atoms with van der Waals surface area (Å²) in [6, 6.07) is 0.701. The maximum atomic E-state index is 4.24. The van der Waals surface area contributed by atoms with Gasteiger partial charge in [-0.1, -0.05) is 0 Å². The van der Waals surface area contributed by atoms with E-state index < -0.39 is 0 Å². The Balaban J connectivity index is 1.54. The molecule has 1 aromatic heterocycles. The molecular weight excluding hydrogens is 226 g/mol. The summed E-state index contributed by atoms with van der Waals surface area (Å²) in [6.45, 7) is 3.16. The molecule has 1 fully saturated rings.